The highest BCUT2D eigenvalue weighted by molar-refractivity contribution is 7.85. The summed E-state index contributed by atoms with van der Waals surface area (Å²) in [5.41, 5.74) is 5.88. The zero-order chi connectivity index (χ0) is 12.7. The number of hydrogen-bond acceptors (Lipinski definition) is 4. The quantitative estimate of drug-likeness (QED) is 0.769. The van der Waals surface area contributed by atoms with Crippen molar-refractivity contribution in [2.75, 3.05) is 30.5 Å². The average Bonchev–Trinajstić information content (AvgIpc) is 2.29. The van der Waals surface area contributed by atoms with Crippen molar-refractivity contribution >= 4 is 22.4 Å². The second-order valence-corrected chi connectivity index (χ2v) is 4.93. The maximum absolute atomic E-state index is 11.5. The van der Waals surface area contributed by atoms with Crippen LogP contribution in [0.5, 0.6) is 5.75 Å². The van der Waals surface area contributed by atoms with E-state index < -0.39 is 10.8 Å². The van der Waals surface area contributed by atoms with Crippen LogP contribution in [0.15, 0.2) is 24.3 Å². The minimum atomic E-state index is -1.20. The first kappa shape index (κ1) is 13.7. The van der Waals surface area contributed by atoms with E-state index in [0.717, 1.165) is 0 Å². The predicted molar refractivity (Wildman–Crippen MR) is 68.6 cm³/mol. The summed E-state index contributed by atoms with van der Waals surface area (Å²) in [6.07, 6.45) is 0. The van der Waals surface area contributed by atoms with Crippen molar-refractivity contribution in [1.82, 2.24) is 0 Å². The first-order chi connectivity index (χ1) is 8.15. The van der Waals surface area contributed by atoms with E-state index in [-0.39, 0.29) is 11.7 Å². The number of carbonyl (C=O) groups excluding carboxylic acids is 1. The number of methoxy groups -OCH3 is 1. The van der Waals surface area contributed by atoms with Crippen LogP contribution in [0.4, 0.5) is 5.69 Å². The van der Waals surface area contributed by atoms with E-state index in [1.54, 1.807) is 31.4 Å². The lowest BCUT2D eigenvalue weighted by Crippen LogP contribution is -2.23. The van der Waals surface area contributed by atoms with Gasteiger partial charge in [0.2, 0.25) is 5.91 Å². The molecule has 1 amide bonds. The second kappa shape index (κ2) is 7.03. The first-order valence-electron chi connectivity index (χ1n) is 5.14. The Bertz CT molecular complexity index is 409. The van der Waals surface area contributed by atoms with Crippen LogP contribution in [0.25, 0.3) is 0 Å². The fraction of sp³-hybridized carbons (Fsp3) is 0.364. The van der Waals surface area contributed by atoms with Crippen molar-refractivity contribution in [1.29, 1.82) is 0 Å². The summed E-state index contributed by atoms with van der Waals surface area (Å²) >= 11 is 0. The minimum absolute atomic E-state index is 0.0333. The van der Waals surface area contributed by atoms with E-state index in [9.17, 15) is 9.00 Å². The van der Waals surface area contributed by atoms with E-state index in [1.807, 2.05) is 0 Å². The van der Waals surface area contributed by atoms with Crippen molar-refractivity contribution in [2.24, 2.45) is 5.73 Å². The standard InChI is InChI=1S/C11H16N2O3S/c1-16-10-4-2-3-9(7-10)13-11(14)8-17(15)6-5-12/h2-4,7H,5-6,8,12H2,1H3,(H,13,14). The van der Waals surface area contributed by atoms with E-state index in [0.29, 0.717) is 23.7 Å². The molecule has 94 valence electrons. The summed E-state index contributed by atoms with van der Waals surface area (Å²) in [5.74, 6) is 0.677. The number of benzene rings is 1. The number of nitrogens with two attached hydrogens (primary N) is 1. The summed E-state index contributed by atoms with van der Waals surface area (Å²) in [4.78, 5) is 11.5. The maximum Gasteiger partial charge on any atom is 0.236 e. The molecule has 0 aliphatic rings. The summed E-state index contributed by atoms with van der Waals surface area (Å²) in [5, 5.41) is 2.65. The van der Waals surface area contributed by atoms with Gasteiger partial charge in [0.25, 0.3) is 0 Å². The van der Waals surface area contributed by atoms with Gasteiger partial charge in [-0.2, -0.15) is 0 Å². The fourth-order valence-corrected chi connectivity index (χ4v) is 2.02. The molecule has 0 bridgehead atoms. The highest BCUT2D eigenvalue weighted by atomic mass is 32.2. The van der Waals surface area contributed by atoms with Crippen molar-refractivity contribution in [3.8, 4) is 5.75 Å². The third-order valence-corrected chi connectivity index (χ3v) is 3.27. The van der Waals surface area contributed by atoms with Crippen molar-refractivity contribution in [2.45, 2.75) is 0 Å². The molecule has 1 aromatic carbocycles. The highest BCUT2D eigenvalue weighted by Crippen LogP contribution is 2.16. The Morgan fingerprint density at radius 3 is 2.94 bits per heavy atom. The molecule has 0 fully saturated rings. The lowest BCUT2D eigenvalue weighted by Gasteiger charge is -2.06. The molecule has 0 aliphatic heterocycles. The lowest BCUT2D eigenvalue weighted by molar-refractivity contribution is -0.113. The number of carbonyl (C=O) groups is 1. The Hall–Kier alpha value is -1.40. The van der Waals surface area contributed by atoms with Crippen LogP contribution in [0.3, 0.4) is 0 Å². The molecular formula is C11H16N2O3S. The van der Waals surface area contributed by atoms with Crippen LogP contribution in [0, 0.1) is 0 Å². The third kappa shape index (κ3) is 4.97. The van der Waals surface area contributed by atoms with Gasteiger partial charge >= 0.3 is 0 Å². The summed E-state index contributed by atoms with van der Waals surface area (Å²) in [6, 6.07) is 6.99. The molecule has 0 heterocycles. The smallest absolute Gasteiger partial charge is 0.236 e. The van der Waals surface area contributed by atoms with Crippen molar-refractivity contribution in [3.05, 3.63) is 24.3 Å². The zero-order valence-electron chi connectivity index (χ0n) is 9.64. The van der Waals surface area contributed by atoms with Crippen LogP contribution in [0.2, 0.25) is 0 Å². The Kier molecular flexibility index (Phi) is 5.65. The molecule has 5 nitrogen and oxygen atoms in total. The normalized spacial score (nSPS) is 11.9. The van der Waals surface area contributed by atoms with Crippen LogP contribution in [-0.4, -0.2) is 35.3 Å². The van der Waals surface area contributed by atoms with Crippen LogP contribution in [-0.2, 0) is 15.6 Å². The van der Waals surface area contributed by atoms with Gasteiger partial charge in [-0.3, -0.25) is 9.00 Å². The predicted octanol–water partition coefficient (Wildman–Crippen LogP) is 0.341. The van der Waals surface area contributed by atoms with Gasteiger partial charge in [0.05, 0.1) is 7.11 Å². The average molecular weight is 256 g/mol. The number of ether oxygens (including phenoxy) is 1. The number of rotatable bonds is 6. The molecule has 17 heavy (non-hydrogen) atoms. The molecule has 0 spiro atoms. The molecular weight excluding hydrogens is 240 g/mol. The molecule has 6 heteroatoms. The fourth-order valence-electron chi connectivity index (χ4n) is 1.25. The SMILES string of the molecule is COc1cccc(NC(=O)CS(=O)CCN)c1. The van der Waals surface area contributed by atoms with E-state index in [4.69, 9.17) is 10.5 Å². The topological polar surface area (TPSA) is 81.4 Å². The molecule has 1 unspecified atom stereocenters. The maximum atomic E-state index is 11.5. The van der Waals surface area contributed by atoms with Crippen LogP contribution >= 0.6 is 0 Å². The molecule has 0 saturated carbocycles. The van der Waals surface area contributed by atoms with Crippen LogP contribution in [0.1, 0.15) is 0 Å². The molecule has 1 aromatic rings. The van der Waals surface area contributed by atoms with Gasteiger partial charge in [-0.25, -0.2) is 0 Å². The van der Waals surface area contributed by atoms with E-state index in [1.165, 1.54) is 0 Å². The van der Waals surface area contributed by atoms with Gasteiger partial charge in [0, 0.05) is 34.9 Å². The Labute approximate surface area is 103 Å². The highest BCUT2D eigenvalue weighted by Gasteiger charge is 2.07. The first-order valence-corrected chi connectivity index (χ1v) is 6.63. The molecule has 0 saturated heterocycles. The zero-order valence-corrected chi connectivity index (χ0v) is 10.5. The number of amides is 1. The molecule has 1 rings (SSSR count). The van der Waals surface area contributed by atoms with Gasteiger partial charge in [0.15, 0.2) is 0 Å². The monoisotopic (exact) mass is 256 g/mol. The van der Waals surface area contributed by atoms with Gasteiger partial charge in [-0.1, -0.05) is 6.07 Å². The Balaban J connectivity index is 2.52. The molecule has 1 atom stereocenters. The van der Waals surface area contributed by atoms with Gasteiger partial charge in [0.1, 0.15) is 11.5 Å². The summed E-state index contributed by atoms with van der Waals surface area (Å²) in [6.45, 7) is 0.319. The third-order valence-electron chi connectivity index (χ3n) is 1.99. The minimum Gasteiger partial charge on any atom is -0.497 e. The molecule has 0 radical (unpaired) electrons. The van der Waals surface area contributed by atoms with Gasteiger partial charge in [-0.15, -0.1) is 0 Å². The van der Waals surface area contributed by atoms with Crippen molar-refractivity contribution in [3.63, 3.8) is 0 Å². The molecule has 0 aliphatic carbocycles. The Morgan fingerprint density at radius 2 is 2.29 bits per heavy atom. The number of hydrogen-bond donors (Lipinski definition) is 2. The number of nitrogens with one attached hydrogen (secondary N) is 1. The van der Waals surface area contributed by atoms with Gasteiger partial charge < -0.3 is 15.8 Å². The summed E-state index contributed by atoms with van der Waals surface area (Å²) < 4.78 is 16.3. The van der Waals surface area contributed by atoms with E-state index >= 15 is 0 Å². The van der Waals surface area contributed by atoms with E-state index in [2.05, 4.69) is 5.32 Å². The lowest BCUT2D eigenvalue weighted by atomic mass is 10.3. The number of anilines is 1. The molecule has 0 aromatic heterocycles. The molecule has 3 N–H and O–H groups in total. The second-order valence-electron chi connectivity index (χ2n) is 3.36. The van der Waals surface area contributed by atoms with Crippen molar-refractivity contribution < 1.29 is 13.7 Å². The largest absolute Gasteiger partial charge is 0.497 e. The van der Waals surface area contributed by atoms with Crippen LogP contribution < -0.4 is 15.8 Å². The van der Waals surface area contributed by atoms with Gasteiger partial charge in [-0.05, 0) is 12.1 Å². The summed E-state index contributed by atoms with van der Waals surface area (Å²) in [7, 11) is 0.354. The Morgan fingerprint density at radius 1 is 1.53 bits per heavy atom.